The number of hydrogen-bond donors (Lipinski definition) is 1. The van der Waals surface area contributed by atoms with Crippen LogP contribution in [0.25, 0.3) is 0 Å². The molecule has 1 aliphatic heterocycles. The van der Waals surface area contributed by atoms with Gasteiger partial charge in [-0.2, -0.15) is 0 Å². The molecule has 0 amide bonds. The van der Waals surface area contributed by atoms with Crippen LogP contribution in [0.3, 0.4) is 0 Å². The highest BCUT2D eigenvalue weighted by Gasteiger charge is 2.31. The van der Waals surface area contributed by atoms with Gasteiger partial charge in [0.05, 0.1) is 12.0 Å². The Morgan fingerprint density at radius 3 is 2.31 bits per heavy atom. The molecular formula is C26H25F2NO3. The first-order valence-corrected chi connectivity index (χ1v) is 10.7. The number of carbonyl (C=O) groups is 1. The van der Waals surface area contributed by atoms with Crippen LogP contribution in [0.4, 0.5) is 8.78 Å². The molecular weight excluding hydrogens is 412 g/mol. The van der Waals surface area contributed by atoms with Crippen LogP contribution >= 0.6 is 0 Å². The Kier molecular flexibility index (Phi) is 6.81. The molecule has 3 aromatic rings. The zero-order valence-corrected chi connectivity index (χ0v) is 17.6. The second-order valence-corrected chi connectivity index (χ2v) is 8.06. The molecule has 1 unspecified atom stereocenters. The normalized spacial score (nSPS) is 15.9. The number of carboxylic acid groups (broad SMARTS) is 1. The highest BCUT2D eigenvalue weighted by Crippen LogP contribution is 2.35. The summed E-state index contributed by atoms with van der Waals surface area (Å²) in [5, 5.41) is 9.30. The van der Waals surface area contributed by atoms with Gasteiger partial charge < -0.3 is 9.84 Å². The lowest BCUT2D eigenvalue weighted by Crippen LogP contribution is -2.39. The van der Waals surface area contributed by atoms with E-state index in [2.05, 4.69) is 4.90 Å². The molecule has 4 rings (SSSR count). The SMILES string of the molecule is O=C(O)C1CCN(C(c2ccc(OCc3ccccc3)cc2)c2ccc(F)cc2F)CC1. The van der Waals surface area contributed by atoms with Crippen molar-refractivity contribution in [1.82, 2.24) is 4.90 Å². The van der Waals surface area contributed by atoms with Crippen molar-refractivity contribution in [1.29, 1.82) is 0 Å². The number of likely N-dealkylation sites (tertiary alicyclic amines) is 1. The summed E-state index contributed by atoms with van der Waals surface area (Å²) in [7, 11) is 0. The third-order valence-electron chi connectivity index (χ3n) is 5.95. The lowest BCUT2D eigenvalue weighted by molar-refractivity contribution is -0.143. The number of halogens is 2. The van der Waals surface area contributed by atoms with Crippen LogP contribution in [0.2, 0.25) is 0 Å². The van der Waals surface area contributed by atoms with Crippen molar-refractivity contribution in [3.05, 3.63) is 101 Å². The van der Waals surface area contributed by atoms with Gasteiger partial charge in [0, 0.05) is 11.6 Å². The van der Waals surface area contributed by atoms with E-state index in [4.69, 9.17) is 4.74 Å². The predicted octanol–water partition coefficient (Wildman–Crippen LogP) is 5.43. The van der Waals surface area contributed by atoms with E-state index in [1.165, 1.54) is 12.1 Å². The highest BCUT2D eigenvalue weighted by atomic mass is 19.1. The van der Waals surface area contributed by atoms with Gasteiger partial charge in [0.25, 0.3) is 0 Å². The summed E-state index contributed by atoms with van der Waals surface area (Å²) >= 11 is 0. The minimum Gasteiger partial charge on any atom is -0.489 e. The molecule has 1 aliphatic rings. The number of piperidine rings is 1. The number of hydrogen-bond acceptors (Lipinski definition) is 3. The molecule has 0 aliphatic carbocycles. The van der Waals surface area contributed by atoms with Crippen LogP contribution < -0.4 is 4.74 Å². The van der Waals surface area contributed by atoms with Crippen LogP contribution in [0.15, 0.2) is 72.8 Å². The van der Waals surface area contributed by atoms with E-state index in [1.54, 1.807) is 0 Å². The van der Waals surface area contributed by atoms with E-state index in [0.717, 1.165) is 17.2 Å². The van der Waals surface area contributed by atoms with Gasteiger partial charge in [-0.1, -0.05) is 48.5 Å². The summed E-state index contributed by atoms with van der Waals surface area (Å²) in [6.07, 6.45) is 0.986. The maximum Gasteiger partial charge on any atom is 0.306 e. The summed E-state index contributed by atoms with van der Waals surface area (Å²) in [6.45, 7) is 1.48. The van der Waals surface area contributed by atoms with Crippen LogP contribution in [0.5, 0.6) is 5.75 Å². The van der Waals surface area contributed by atoms with Crippen molar-refractivity contribution in [2.75, 3.05) is 13.1 Å². The van der Waals surface area contributed by atoms with Crippen molar-refractivity contribution in [3.63, 3.8) is 0 Å². The molecule has 1 fully saturated rings. The van der Waals surface area contributed by atoms with Crippen molar-refractivity contribution in [2.24, 2.45) is 5.92 Å². The van der Waals surface area contributed by atoms with Crippen molar-refractivity contribution in [3.8, 4) is 5.75 Å². The van der Waals surface area contributed by atoms with E-state index in [9.17, 15) is 18.7 Å². The molecule has 166 valence electrons. The zero-order valence-electron chi connectivity index (χ0n) is 17.6. The van der Waals surface area contributed by atoms with Crippen molar-refractivity contribution < 1.29 is 23.4 Å². The van der Waals surface area contributed by atoms with Crippen LogP contribution in [0.1, 0.15) is 35.6 Å². The first-order valence-electron chi connectivity index (χ1n) is 10.7. The number of aliphatic carboxylic acids is 1. The largest absolute Gasteiger partial charge is 0.489 e. The fourth-order valence-electron chi connectivity index (χ4n) is 4.20. The molecule has 1 N–H and O–H groups in total. The van der Waals surface area contributed by atoms with Gasteiger partial charge in [-0.3, -0.25) is 9.69 Å². The first kappa shape index (κ1) is 22.0. The third kappa shape index (κ3) is 5.14. The second kappa shape index (κ2) is 9.92. The minimum absolute atomic E-state index is 0.373. The maximum absolute atomic E-state index is 14.7. The summed E-state index contributed by atoms with van der Waals surface area (Å²) < 4.78 is 34.1. The van der Waals surface area contributed by atoms with Gasteiger partial charge in [0.2, 0.25) is 0 Å². The molecule has 0 spiro atoms. The first-order chi connectivity index (χ1) is 15.5. The Morgan fingerprint density at radius 2 is 1.69 bits per heavy atom. The molecule has 0 saturated carbocycles. The molecule has 1 atom stereocenters. The fourth-order valence-corrected chi connectivity index (χ4v) is 4.20. The number of benzene rings is 3. The number of ether oxygens (including phenoxy) is 1. The summed E-state index contributed by atoms with van der Waals surface area (Å²) in [4.78, 5) is 13.4. The van der Waals surface area contributed by atoms with Gasteiger partial charge in [-0.25, -0.2) is 8.78 Å². The van der Waals surface area contributed by atoms with Gasteiger partial charge >= 0.3 is 5.97 Å². The van der Waals surface area contributed by atoms with Crippen LogP contribution in [-0.2, 0) is 11.4 Å². The number of rotatable bonds is 7. The minimum atomic E-state index is -0.797. The molecule has 4 nitrogen and oxygen atoms in total. The molecule has 0 aromatic heterocycles. The lowest BCUT2D eigenvalue weighted by Gasteiger charge is -2.37. The van der Waals surface area contributed by atoms with Gasteiger partial charge in [-0.15, -0.1) is 0 Å². The Hall–Kier alpha value is -3.25. The Balaban J connectivity index is 1.56. The summed E-state index contributed by atoms with van der Waals surface area (Å²) in [5.74, 6) is -1.73. The number of nitrogens with zero attached hydrogens (tertiary/aromatic N) is 1. The summed E-state index contributed by atoms with van der Waals surface area (Å²) in [5.41, 5.74) is 2.28. The zero-order chi connectivity index (χ0) is 22.5. The Labute approximate surface area is 186 Å². The third-order valence-corrected chi connectivity index (χ3v) is 5.95. The fraction of sp³-hybridized carbons (Fsp3) is 0.269. The second-order valence-electron chi connectivity index (χ2n) is 8.06. The van der Waals surface area contributed by atoms with E-state index >= 15 is 0 Å². The van der Waals surface area contributed by atoms with E-state index in [1.807, 2.05) is 54.6 Å². The van der Waals surface area contributed by atoms with E-state index in [-0.39, 0.29) is 0 Å². The Morgan fingerprint density at radius 1 is 1.00 bits per heavy atom. The topological polar surface area (TPSA) is 49.8 Å². The monoisotopic (exact) mass is 437 g/mol. The molecule has 3 aromatic carbocycles. The molecule has 1 heterocycles. The average molecular weight is 437 g/mol. The number of carboxylic acids is 1. The average Bonchev–Trinajstić information content (AvgIpc) is 2.81. The van der Waals surface area contributed by atoms with Gasteiger partial charge in [-0.05, 0) is 55.3 Å². The molecule has 6 heteroatoms. The quantitative estimate of drug-likeness (QED) is 0.536. The highest BCUT2D eigenvalue weighted by molar-refractivity contribution is 5.70. The van der Waals surface area contributed by atoms with Gasteiger partial charge in [0.1, 0.15) is 24.0 Å². The van der Waals surface area contributed by atoms with E-state index < -0.39 is 29.6 Å². The lowest BCUT2D eigenvalue weighted by atomic mass is 9.91. The standard InChI is InChI=1S/C26H25F2NO3/c27-21-8-11-23(24(28)16-21)25(29-14-12-20(13-15-29)26(30)31)19-6-9-22(10-7-19)32-17-18-4-2-1-3-5-18/h1-11,16,20,25H,12-15,17H2,(H,30,31). The van der Waals surface area contributed by atoms with E-state index in [0.29, 0.717) is 43.9 Å². The van der Waals surface area contributed by atoms with Gasteiger partial charge in [0.15, 0.2) is 0 Å². The maximum atomic E-state index is 14.7. The van der Waals surface area contributed by atoms with Crippen molar-refractivity contribution in [2.45, 2.75) is 25.5 Å². The molecule has 0 bridgehead atoms. The summed E-state index contributed by atoms with van der Waals surface area (Å²) in [6, 6.07) is 20.5. The molecule has 32 heavy (non-hydrogen) atoms. The smallest absolute Gasteiger partial charge is 0.306 e. The van der Waals surface area contributed by atoms with Crippen LogP contribution in [-0.4, -0.2) is 29.1 Å². The van der Waals surface area contributed by atoms with Crippen LogP contribution in [0, 0.1) is 17.6 Å². The Bertz CT molecular complexity index is 1050. The predicted molar refractivity (Wildman–Crippen MR) is 117 cm³/mol. The van der Waals surface area contributed by atoms with Crippen molar-refractivity contribution >= 4 is 5.97 Å². The molecule has 1 saturated heterocycles. The molecule has 0 radical (unpaired) electrons.